The molecule has 1 aliphatic rings. The topological polar surface area (TPSA) is 56.1 Å². The van der Waals surface area contributed by atoms with Gasteiger partial charge in [0.05, 0.1) is 11.3 Å². The number of rotatable bonds is 3. The zero-order valence-corrected chi connectivity index (χ0v) is 14.8. The van der Waals surface area contributed by atoms with E-state index in [-0.39, 0.29) is 12.4 Å². The van der Waals surface area contributed by atoms with Gasteiger partial charge in [0.25, 0.3) is 0 Å². The Labute approximate surface area is 149 Å². The van der Waals surface area contributed by atoms with Crippen LogP contribution in [0.15, 0.2) is 36.4 Å². The average Bonchev–Trinajstić information content (AvgIpc) is 2.62. The SMILES string of the molecule is CC(C)N1CCN(c2nnc(-c3ccccc3)cc2C#N)CC1.Cl. The molecular formula is C18H22ClN5. The lowest BCUT2D eigenvalue weighted by molar-refractivity contribution is 0.209. The molecule has 126 valence electrons. The van der Waals surface area contributed by atoms with Gasteiger partial charge < -0.3 is 4.90 Å². The molecule has 0 radical (unpaired) electrons. The molecular weight excluding hydrogens is 322 g/mol. The van der Waals surface area contributed by atoms with Crippen molar-refractivity contribution in [1.82, 2.24) is 15.1 Å². The van der Waals surface area contributed by atoms with E-state index in [1.54, 1.807) is 0 Å². The van der Waals surface area contributed by atoms with Gasteiger partial charge in [-0.05, 0) is 19.9 Å². The minimum Gasteiger partial charge on any atom is -0.351 e. The predicted molar refractivity (Wildman–Crippen MR) is 98.4 cm³/mol. The average molecular weight is 344 g/mol. The number of halogens is 1. The standard InChI is InChI=1S/C18H21N5.ClH/c1-14(2)22-8-10-23(11-9-22)18-16(13-19)12-17(20-21-18)15-6-4-3-5-7-15;/h3-7,12,14H,8-11H2,1-2H3;1H. The summed E-state index contributed by atoms with van der Waals surface area (Å²) in [5, 5.41) is 18.2. The van der Waals surface area contributed by atoms with Crippen LogP contribution in [0.3, 0.4) is 0 Å². The summed E-state index contributed by atoms with van der Waals surface area (Å²) in [4.78, 5) is 4.60. The van der Waals surface area contributed by atoms with Crippen molar-refractivity contribution in [2.24, 2.45) is 0 Å². The minimum absolute atomic E-state index is 0. The molecule has 3 rings (SSSR count). The summed E-state index contributed by atoms with van der Waals surface area (Å²) in [6.45, 7) is 8.17. The number of anilines is 1. The van der Waals surface area contributed by atoms with Gasteiger partial charge in [0, 0.05) is 37.8 Å². The maximum atomic E-state index is 9.51. The lowest BCUT2D eigenvalue weighted by Gasteiger charge is -2.37. The second-order valence-electron chi connectivity index (χ2n) is 6.06. The van der Waals surface area contributed by atoms with Crippen molar-refractivity contribution < 1.29 is 0 Å². The third-order valence-corrected chi connectivity index (χ3v) is 4.31. The van der Waals surface area contributed by atoms with Gasteiger partial charge in [-0.25, -0.2) is 0 Å². The molecule has 1 saturated heterocycles. The molecule has 24 heavy (non-hydrogen) atoms. The van der Waals surface area contributed by atoms with Gasteiger partial charge in [0.15, 0.2) is 5.82 Å². The largest absolute Gasteiger partial charge is 0.351 e. The lowest BCUT2D eigenvalue weighted by Crippen LogP contribution is -2.49. The third kappa shape index (κ3) is 3.84. The first-order chi connectivity index (χ1) is 11.2. The Morgan fingerprint density at radius 3 is 2.29 bits per heavy atom. The molecule has 1 aliphatic heterocycles. The lowest BCUT2D eigenvalue weighted by atomic mass is 10.1. The second kappa shape index (κ2) is 8.09. The Morgan fingerprint density at radius 2 is 1.71 bits per heavy atom. The highest BCUT2D eigenvalue weighted by Gasteiger charge is 2.22. The highest BCUT2D eigenvalue weighted by Crippen LogP contribution is 2.23. The van der Waals surface area contributed by atoms with Crippen molar-refractivity contribution in [3.8, 4) is 17.3 Å². The Bertz CT molecular complexity index is 703. The summed E-state index contributed by atoms with van der Waals surface area (Å²) in [7, 11) is 0. The van der Waals surface area contributed by atoms with E-state index in [1.165, 1.54) is 0 Å². The van der Waals surface area contributed by atoms with E-state index in [0.29, 0.717) is 17.4 Å². The van der Waals surface area contributed by atoms with E-state index >= 15 is 0 Å². The smallest absolute Gasteiger partial charge is 0.169 e. The molecule has 2 aromatic rings. The van der Waals surface area contributed by atoms with Gasteiger partial charge >= 0.3 is 0 Å². The Kier molecular flexibility index (Phi) is 6.13. The third-order valence-electron chi connectivity index (χ3n) is 4.31. The van der Waals surface area contributed by atoms with Gasteiger partial charge in [-0.15, -0.1) is 22.6 Å². The number of nitriles is 1. The number of piperazine rings is 1. The van der Waals surface area contributed by atoms with E-state index in [9.17, 15) is 5.26 Å². The van der Waals surface area contributed by atoms with Crippen LogP contribution in [0.4, 0.5) is 5.82 Å². The van der Waals surface area contributed by atoms with Crippen LogP contribution in [0.5, 0.6) is 0 Å². The summed E-state index contributed by atoms with van der Waals surface area (Å²) in [5.41, 5.74) is 2.32. The van der Waals surface area contributed by atoms with Crippen LogP contribution in [0, 0.1) is 11.3 Å². The number of benzene rings is 1. The number of aromatic nitrogens is 2. The first-order valence-electron chi connectivity index (χ1n) is 8.01. The zero-order chi connectivity index (χ0) is 16.2. The Balaban J connectivity index is 0.00000208. The van der Waals surface area contributed by atoms with Gasteiger partial charge in [0.1, 0.15) is 6.07 Å². The number of hydrogen-bond acceptors (Lipinski definition) is 5. The molecule has 1 aromatic heterocycles. The van der Waals surface area contributed by atoms with Gasteiger partial charge in [-0.1, -0.05) is 30.3 Å². The van der Waals surface area contributed by atoms with E-state index in [4.69, 9.17) is 0 Å². The Morgan fingerprint density at radius 1 is 1.04 bits per heavy atom. The van der Waals surface area contributed by atoms with Crippen molar-refractivity contribution in [2.45, 2.75) is 19.9 Å². The molecule has 0 aliphatic carbocycles. The molecule has 0 unspecified atom stereocenters. The number of hydrogen-bond donors (Lipinski definition) is 0. The van der Waals surface area contributed by atoms with Crippen molar-refractivity contribution in [2.75, 3.05) is 31.1 Å². The molecule has 1 aromatic carbocycles. The highest BCUT2D eigenvalue weighted by atomic mass is 35.5. The second-order valence-corrected chi connectivity index (χ2v) is 6.06. The molecule has 5 nitrogen and oxygen atoms in total. The molecule has 0 bridgehead atoms. The molecule has 0 atom stereocenters. The summed E-state index contributed by atoms with van der Waals surface area (Å²) in [6.07, 6.45) is 0. The summed E-state index contributed by atoms with van der Waals surface area (Å²) >= 11 is 0. The fourth-order valence-corrected chi connectivity index (χ4v) is 2.90. The summed E-state index contributed by atoms with van der Waals surface area (Å²) in [6, 6.07) is 14.5. The van der Waals surface area contributed by atoms with Crippen LogP contribution >= 0.6 is 12.4 Å². The van der Waals surface area contributed by atoms with Crippen molar-refractivity contribution in [3.63, 3.8) is 0 Å². The molecule has 2 heterocycles. The molecule has 0 spiro atoms. The van der Waals surface area contributed by atoms with Crippen molar-refractivity contribution in [1.29, 1.82) is 5.26 Å². The van der Waals surface area contributed by atoms with Crippen LogP contribution in [-0.2, 0) is 0 Å². The molecule has 0 N–H and O–H groups in total. The van der Waals surface area contributed by atoms with Crippen LogP contribution in [0.25, 0.3) is 11.3 Å². The summed E-state index contributed by atoms with van der Waals surface area (Å²) < 4.78 is 0. The first kappa shape index (κ1) is 18.2. The monoisotopic (exact) mass is 343 g/mol. The molecule has 1 fully saturated rings. The van der Waals surface area contributed by atoms with E-state index in [1.807, 2.05) is 36.4 Å². The van der Waals surface area contributed by atoms with Gasteiger partial charge in [-0.3, -0.25) is 4.90 Å². The van der Waals surface area contributed by atoms with Crippen LogP contribution in [0.2, 0.25) is 0 Å². The fourth-order valence-electron chi connectivity index (χ4n) is 2.90. The van der Waals surface area contributed by atoms with Gasteiger partial charge in [0.2, 0.25) is 0 Å². The Hall–Kier alpha value is -2.16. The quantitative estimate of drug-likeness (QED) is 0.857. The summed E-state index contributed by atoms with van der Waals surface area (Å²) in [5.74, 6) is 0.704. The van der Waals surface area contributed by atoms with Crippen molar-refractivity contribution >= 4 is 18.2 Å². The first-order valence-corrected chi connectivity index (χ1v) is 8.01. The van der Waals surface area contributed by atoms with Crippen LogP contribution < -0.4 is 4.90 Å². The number of nitrogens with zero attached hydrogens (tertiary/aromatic N) is 5. The zero-order valence-electron chi connectivity index (χ0n) is 14.0. The maximum absolute atomic E-state index is 9.51. The maximum Gasteiger partial charge on any atom is 0.169 e. The van der Waals surface area contributed by atoms with Crippen molar-refractivity contribution in [3.05, 3.63) is 42.0 Å². The molecule has 6 heteroatoms. The highest BCUT2D eigenvalue weighted by molar-refractivity contribution is 5.85. The van der Waals surface area contributed by atoms with Gasteiger partial charge in [-0.2, -0.15) is 5.26 Å². The fraction of sp³-hybridized carbons (Fsp3) is 0.389. The van der Waals surface area contributed by atoms with E-state index < -0.39 is 0 Å². The molecule has 0 amide bonds. The van der Waals surface area contributed by atoms with E-state index in [0.717, 1.165) is 37.4 Å². The molecule has 0 saturated carbocycles. The normalized spacial score (nSPS) is 15.0. The van der Waals surface area contributed by atoms with Crippen LogP contribution in [0.1, 0.15) is 19.4 Å². The predicted octanol–water partition coefficient (Wildman–Crippen LogP) is 2.97. The van der Waals surface area contributed by atoms with Crippen LogP contribution in [-0.4, -0.2) is 47.3 Å². The van der Waals surface area contributed by atoms with E-state index in [2.05, 4.69) is 39.9 Å². The minimum atomic E-state index is 0.